The van der Waals surface area contributed by atoms with E-state index in [-0.39, 0.29) is 6.10 Å². The lowest BCUT2D eigenvalue weighted by Gasteiger charge is -2.25. The number of aliphatic hydroxyl groups excluding tert-OH is 1. The second-order valence-electron chi connectivity index (χ2n) is 9.96. The number of unbranched alkanes of at least 4 members (excludes halogenated alkanes) is 3. The number of nitrogens with one attached hydrogen (secondary N) is 1. The third kappa shape index (κ3) is 11.5. The number of hydrogen-bond donors (Lipinski definition) is 2. The topological polar surface area (TPSA) is 32.3 Å². The van der Waals surface area contributed by atoms with Gasteiger partial charge in [0, 0.05) is 0 Å². The van der Waals surface area contributed by atoms with Crippen LogP contribution in [0, 0.1) is 17.8 Å². The van der Waals surface area contributed by atoms with Gasteiger partial charge in [-0.25, -0.2) is 0 Å². The van der Waals surface area contributed by atoms with Crippen LogP contribution >= 0.6 is 0 Å². The summed E-state index contributed by atoms with van der Waals surface area (Å²) in [6.07, 6.45) is 24.8. The van der Waals surface area contributed by atoms with Gasteiger partial charge in [0.2, 0.25) is 0 Å². The summed E-state index contributed by atoms with van der Waals surface area (Å²) in [6, 6.07) is 0. The van der Waals surface area contributed by atoms with E-state index < -0.39 is 0 Å². The van der Waals surface area contributed by atoms with Crippen LogP contribution < -0.4 is 5.32 Å². The van der Waals surface area contributed by atoms with Gasteiger partial charge in [0.25, 0.3) is 0 Å². The molecule has 0 bridgehead atoms. The van der Waals surface area contributed by atoms with Gasteiger partial charge in [0.1, 0.15) is 0 Å². The minimum absolute atomic E-state index is 0.00667. The van der Waals surface area contributed by atoms with Crippen molar-refractivity contribution in [3.63, 3.8) is 0 Å². The van der Waals surface area contributed by atoms with Crippen LogP contribution in [0.3, 0.4) is 0 Å². The van der Waals surface area contributed by atoms with Gasteiger partial charge in [0.05, 0.1) is 6.10 Å². The first-order chi connectivity index (χ1) is 13.2. The molecule has 0 aliphatic heterocycles. The molecular weight excluding hydrogens is 330 g/mol. The molecule has 0 aromatic heterocycles. The van der Waals surface area contributed by atoms with Crippen LogP contribution in [-0.4, -0.2) is 24.3 Å². The molecule has 27 heavy (non-hydrogen) atoms. The lowest BCUT2D eigenvalue weighted by molar-refractivity contribution is 0.106. The van der Waals surface area contributed by atoms with Crippen molar-refractivity contribution in [2.45, 2.75) is 129 Å². The molecular formula is C25H49NO. The smallest absolute Gasteiger partial charge is 0.0540 e. The molecule has 2 N–H and O–H groups in total. The van der Waals surface area contributed by atoms with Crippen molar-refractivity contribution in [1.82, 2.24) is 5.32 Å². The maximum atomic E-state index is 9.56. The van der Waals surface area contributed by atoms with Crippen molar-refractivity contribution >= 4 is 0 Å². The van der Waals surface area contributed by atoms with Gasteiger partial charge in [-0.2, -0.15) is 0 Å². The van der Waals surface area contributed by atoms with E-state index >= 15 is 0 Å². The summed E-state index contributed by atoms with van der Waals surface area (Å²) in [5.74, 6) is 2.89. The zero-order chi connectivity index (χ0) is 19.2. The molecule has 0 aromatic rings. The van der Waals surface area contributed by atoms with Gasteiger partial charge >= 0.3 is 0 Å². The average Bonchev–Trinajstić information content (AvgIpc) is 2.70. The van der Waals surface area contributed by atoms with Gasteiger partial charge in [0.15, 0.2) is 0 Å². The fraction of sp³-hybridized carbons (Fsp3) is 1.00. The molecule has 1 atom stereocenters. The Kier molecular flexibility index (Phi) is 12.8. The van der Waals surface area contributed by atoms with E-state index in [2.05, 4.69) is 12.2 Å². The van der Waals surface area contributed by atoms with E-state index in [1.807, 2.05) is 0 Å². The molecule has 2 nitrogen and oxygen atoms in total. The highest BCUT2D eigenvalue weighted by Gasteiger charge is 2.18. The first kappa shape index (κ1) is 23.2. The second kappa shape index (κ2) is 14.9. The molecule has 2 heteroatoms. The maximum Gasteiger partial charge on any atom is 0.0540 e. The van der Waals surface area contributed by atoms with Crippen LogP contribution in [0.25, 0.3) is 0 Å². The summed E-state index contributed by atoms with van der Waals surface area (Å²) in [5.41, 5.74) is 0. The minimum Gasteiger partial charge on any atom is -0.393 e. The average molecular weight is 380 g/mol. The largest absolute Gasteiger partial charge is 0.393 e. The molecule has 0 saturated heterocycles. The van der Waals surface area contributed by atoms with Crippen LogP contribution in [0.15, 0.2) is 0 Å². The van der Waals surface area contributed by atoms with E-state index in [1.165, 1.54) is 116 Å². The zero-order valence-corrected chi connectivity index (χ0v) is 18.4. The summed E-state index contributed by atoms with van der Waals surface area (Å²) < 4.78 is 0. The first-order valence-electron chi connectivity index (χ1n) is 12.6. The molecule has 2 fully saturated rings. The fourth-order valence-corrected chi connectivity index (χ4v) is 5.31. The summed E-state index contributed by atoms with van der Waals surface area (Å²) in [5, 5.41) is 13.2. The Morgan fingerprint density at radius 3 is 2.15 bits per heavy atom. The summed E-state index contributed by atoms with van der Waals surface area (Å²) in [4.78, 5) is 0. The predicted octanol–water partition coefficient (Wildman–Crippen LogP) is 6.85. The molecule has 0 heterocycles. The van der Waals surface area contributed by atoms with Crippen LogP contribution in [0.4, 0.5) is 0 Å². The van der Waals surface area contributed by atoms with Gasteiger partial charge in [-0.1, -0.05) is 77.6 Å². The quantitative estimate of drug-likeness (QED) is 0.323. The maximum absolute atomic E-state index is 9.56. The lowest BCUT2D eigenvalue weighted by atomic mass is 9.84. The van der Waals surface area contributed by atoms with Crippen molar-refractivity contribution in [2.75, 3.05) is 13.1 Å². The SMILES string of the molecule is CC(CCCNCCCCCCC1CCC(O)CC1)CCC1CCCCC1. The Morgan fingerprint density at radius 2 is 1.37 bits per heavy atom. The summed E-state index contributed by atoms with van der Waals surface area (Å²) in [6.45, 7) is 4.90. The number of hydrogen-bond acceptors (Lipinski definition) is 2. The summed E-state index contributed by atoms with van der Waals surface area (Å²) in [7, 11) is 0. The third-order valence-electron chi connectivity index (χ3n) is 7.38. The first-order valence-corrected chi connectivity index (χ1v) is 12.6. The van der Waals surface area contributed by atoms with Crippen molar-refractivity contribution in [1.29, 1.82) is 0 Å². The molecule has 2 saturated carbocycles. The molecule has 1 unspecified atom stereocenters. The molecule has 2 aliphatic rings. The molecule has 2 aliphatic carbocycles. The molecule has 160 valence electrons. The Labute approximate surface area is 170 Å². The van der Waals surface area contributed by atoms with E-state index in [9.17, 15) is 5.11 Å². The standard InChI is InChI=1S/C25H49NO/c1-22(14-15-23-11-6-4-7-12-23)10-9-21-26-20-8-3-2-5-13-24-16-18-25(27)19-17-24/h22-27H,2-21H2,1H3. The molecule has 0 amide bonds. The Hall–Kier alpha value is -0.0800. The third-order valence-corrected chi connectivity index (χ3v) is 7.38. The lowest BCUT2D eigenvalue weighted by Crippen LogP contribution is -2.18. The molecule has 0 spiro atoms. The van der Waals surface area contributed by atoms with Crippen LogP contribution in [0.5, 0.6) is 0 Å². The fourth-order valence-electron chi connectivity index (χ4n) is 5.31. The highest BCUT2D eigenvalue weighted by molar-refractivity contribution is 4.71. The predicted molar refractivity (Wildman–Crippen MR) is 118 cm³/mol. The molecule has 0 aromatic carbocycles. The minimum atomic E-state index is 0.00667. The van der Waals surface area contributed by atoms with Crippen LogP contribution in [0.1, 0.15) is 122 Å². The van der Waals surface area contributed by atoms with Crippen LogP contribution in [-0.2, 0) is 0 Å². The molecule has 0 radical (unpaired) electrons. The highest BCUT2D eigenvalue weighted by atomic mass is 16.3. The zero-order valence-electron chi connectivity index (χ0n) is 18.4. The van der Waals surface area contributed by atoms with Crippen LogP contribution in [0.2, 0.25) is 0 Å². The van der Waals surface area contributed by atoms with Gasteiger partial charge in [-0.3, -0.25) is 0 Å². The van der Waals surface area contributed by atoms with Gasteiger partial charge < -0.3 is 10.4 Å². The highest BCUT2D eigenvalue weighted by Crippen LogP contribution is 2.29. The Morgan fingerprint density at radius 1 is 0.704 bits per heavy atom. The van der Waals surface area contributed by atoms with E-state index in [0.29, 0.717) is 0 Å². The van der Waals surface area contributed by atoms with Crippen molar-refractivity contribution in [3.8, 4) is 0 Å². The van der Waals surface area contributed by atoms with Crippen molar-refractivity contribution in [3.05, 3.63) is 0 Å². The Bertz CT molecular complexity index is 331. The van der Waals surface area contributed by atoms with Crippen molar-refractivity contribution < 1.29 is 5.11 Å². The Balaban J connectivity index is 1.29. The van der Waals surface area contributed by atoms with Gasteiger partial charge in [-0.15, -0.1) is 0 Å². The van der Waals surface area contributed by atoms with Crippen molar-refractivity contribution in [2.24, 2.45) is 17.8 Å². The van der Waals surface area contributed by atoms with E-state index in [1.54, 1.807) is 0 Å². The summed E-state index contributed by atoms with van der Waals surface area (Å²) >= 11 is 0. The van der Waals surface area contributed by atoms with E-state index in [4.69, 9.17) is 0 Å². The second-order valence-corrected chi connectivity index (χ2v) is 9.96. The normalized spacial score (nSPS) is 25.6. The number of aliphatic hydroxyl groups is 1. The molecule has 2 rings (SSSR count). The monoisotopic (exact) mass is 379 g/mol. The van der Waals surface area contributed by atoms with Gasteiger partial charge in [-0.05, 0) is 75.8 Å². The van der Waals surface area contributed by atoms with E-state index in [0.717, 1.165) is 30.6 Å². The number of rotatable bonds is 14.